The van der Waals surface area contributed by atoms with Gasteiger partial charge >= 0.3 is 24.0 Å². The molecule has 0 atom stereocenters. The molecule has 0 spiro atoms. The predicted octanol–water partition coefficient (Wildman–Crippen LogP) is 4.29. The van der Waals surface area contributed by atoms with Crippen molar-refractivity contribution in [2.24, 2.45) is 0 Å². The van der Waals surface area contributed by atoms with Crippen molar-refractivity contribution in [3.63, 3.8) is 0 Å². The van der Waals surface area contributed by atoms with Crippen LogP contribution in [0.4, 0.5) is 30.7 Å². The van der Waals surface area contributed by atoms with Gasteiger partial charge in [0.15, 0.2) is 6.61 Å². The highest BCUT2D eigenvalue weighted by Gasteiger charge is 2.73. The molecule has 0 aromatic heterocycles. The third-order valence-electron chi connectivity index (χ3n) is 2.89. The van der Waals surface area contributed by atoms with E-state index in [-0.39, 0.29) is 5.56 Å². The maximum atomic E-state index is 13.0. The average molecular weight is 332 g/mol. The van der Waals surface area contributed by atoms with Crippen molar-refractivity contribution >= 4 is 5.97 Å². The minimum atomic E-state index is -6.46. The Morgan fingerprint density at radius 3 is 1.86 bits per heavy atom. The van der Waals surface area contributed by atoms with Crippen LogP contribution in [0.25, 0.3) is 0 Å². The molecule has 0 saturated carbocycles. The van der Waals surface area contributed by atoms with Crippen LogP contribution in [-0.2, 0) is 4.74 Å². The Bertz CT molecular complexity index is 544. The van der Waals surface area contributed by atoms with Gasteiger partial charge < -0.3 is 4.74 Å². The number of aryl methyl sites for hydroxylation is 2. The monoisotopic (exact) mass is 332 g/mol. The zero-order valence-corrected chi connectivity index (χ0v) is 11.4. The van der Waals surface area contributed by atoms with Crippen LogP contribution in [0.15, 0.2) is 18.2 Å². The van der Waals surface area contributed by atoms with Gasteiger partial charge in [0.25, 0.3) is 0 Å². The van der Waals surface area contributed by atoms with Crippen LogP contribution in [0.5, 0.6) is 0 Å². The Morgan fingerprint density at radius 1 is 1.00 bits per heavy atom. The van der Waals surface area contributed by atoms with E-state index in [9.17, 15) is 35.5 Å². The summed E-state index contributed by atoms with van der Waals surface area (Å²) < 4.78 is 91.1. The highest BCUT2D eigenvalue weighted by molar-refractivity contribution is 5.92. The number of hydrogen-bond acceptors (Lipinski definition) is 2. The van der Waals surface area contributed by atoms with Crippen LogP contribution >= 0.6 is 0 Å². The van der Waals surface area contributed by atoms with Crippen LogP contribution in [0, 0.1) is 13.8 Å². The first-order valence-corrected chi connectivity index (χ1v) is 5.87. The molecule has 0 unspecified atom stereocenters. The molecule has 1 rings (SSSR count). The van der Waals surface area contributed by atoms with E-state index in [1.807, 2.05) is 0 Å². The highest BCUT2D eigenvalue weighted by atomic mass is 19.4. The molecule has 0 saturated heterocycles. The number of ether oxygens (including phenoxy) is 1. The Hall–Kier alpha value is -1.80. The van der Waals surface area contributed by atoms with Crippen LogP contribution < -0.4 is 0 Å². The third kappa shape index (κ3) is 3.33. The van der Waals surface area contributed by atoms with E-state index in [0.29, 0.717) is 11.1 Å². The fourth-order valence-electron chi connectivity index (χ4n) is 1.66. The second-order valence-electron chi connectivity index (χ2n) is 4.62. The fourth-order valence-corrected chi connectivity index (χ4v) is 1.66. The summed E-state index contributed by atoms with van der Waals surface area (Å²) in [5.41, 5.74) is 0.473. The first kappa shape index (κ1) is 18.2. The largest absolute Gasteiger partial charge is 0.460 e. The molecule has 1 aromatic rings. The lowest BCUT2D eigenvalue weighted by molar-refractivity contribution is -0.359. The maximum Gasteiger partial charge on any atom is 0.460 e. The lowest BCUT2D eigenvalue weighted by atomic mass is 10.0. The molecule has 0 N–H and O–H groups in total. The van der Waals surface area contributed by atoms with Gasteiger partial charge in [-0.05, 0) is 25.0 Å². The van der Waals surface area contributed by atoms with Gasteiger partial charge in [-0.15, -0.1) is 0 Å². The molecule has 0 bridgehead atoms. The summed E-state index contributed by atoms with van der Waals surface area (Å²) in [4.78, 5) is 11.6. The second-order valence-corrected chi connectivity index (χ2v) is 4.62. The van der Waals surface area contributed by atoms with Gasteiger partial charge in [0, 0.05) is 0 Å². The van der Waals surface area contributed by atoms with Gasteiger partial charge in [0.1, 0.15) is 0 Å². The smallest absolute Gasteiger partial charge is 0.455 e. The molecule has 0 aliphatic carbocycles. The summed E-state index contributed by atoms with van der Waals surface area (Å²) in [6.45, 7) is 0.490. The second kappa shape index (κ2) is 5.77. The van der Waals surface area contributed by atoms with Crippen LogP contribution in [0.1, 0.15) is 21.5 Å². The van der Waals surface area contributed by atoms with Crippen molar-refractivity contribution in [3.8, 4) is 0 Å². The topological polar surface area (TPSA) is 26.3 Å². The summed E-state index contributed by atoms with van der Waals surface area (Å²) in [6.07, 6.45) is -6.46. The zero-order valence-electron chi connectivity index (χ0n) is 11.4. The van der Waals surface area contributed by atoms with Gasteiger partial charge in [-0.25, -0.2) is 4.79 Å². The van der Waals surface area contributed by atoms with Crippen LogP contribution in [0.2, 0.25) is 0 Å². The number of alkyl halides is 7. The van der Waals surface area contributed by atoms with Crippen molar-refractivity contribution < 1.29 is 40.3 Å². The molecule has 0 fully saturated rings. The average Bonchev–Trinajstić information content (AvgIpc) is 2.34. The van der Waals surface area contributed by atoms with E-state index >= 15 is 0 Å². The maximum absolute atomic E-state index is 13.0. The van der Waals surface area contributed by atoms with Crippen molar-refractivity contribution in [1.29, 1.82) is 0 Å². The molecule has 124 valence electrons. The lowest BCUT2D eigenvalue weighted by Gasteiger charge is -2.27. The summed E-state index contributed by atoms with van der Waals surface area (Å²) in [6, 6.07) is 4.42. The van der Waals surface area contributed by atoms with E-state index < -0.39 is 30.6 Å². The van der Waals surface area contributed by atoms with Crippen molar-refractivity contribution in [3.05, 3.63) is 34.9 Å². The Labute approximate surface area is 120 Å². The molecular formula is C13H11F7O2. The lowest BCUT2D eigenvalue weighted by Crippen LogP contribution is -2.54. The van der Waals surface area contributed by atoms with Crippen LogP contribution in [-0.4, -0.2) is 30.6 Å². The predicted molar refractivity (Wildman–Crippen MR) is 62.1 cm³/mol. The Balaban J connectivity index is 2.92. The standard InChI is InChI=1S/C13H11F7O2/c1-7-4-3-5-8(2)9(7)10(21)22-6-11(14,15)12(16,17)13(18,19)20/h3-5H,6H2,1-2H3. The molecule has 0 aliphatic heterocycles. The van der Waals surface area contributed by atoms with Crippen molar-refractivity contribution in [1.82, 2.24) is 0 Å². The zero-order chi connectivity index (χ0) is 17.3. The van der Waals surface area contributed by atoms with Gasteiger partial charge in [0.2, 0.25) is 0 Å². The fraction of sp³-hybridized carbons (Fsp3) is 0.462. The van der Waals surface area contributed by atoms with Crippen LogP contribution in [0.3, 0.4) is 0 Å². The Kier molecular flexibility index (Phi) is 4.79. The molecule has 0 aliphatic rings. The minimum Gasteiger partial charge on any atom is -0.455 e. The summed E-state index contributed by atoms with van der Waals surface area (Å²) in [7, 11) is 0. The van der Waals surface area contributed by atoms with Gasteiger partial charge in [-0.2, -0.15) is 30.7 Å². The molecule has 0 heterocycles. The number of esters is 1. The number of hydrogen-bond donors (Lipinski definition) is 0. The quantitative estimate of drug-likeness (QED) is 0.607. The molecule has 1 aromatic carbocycles. The molecule has 0 radical (unpaired) electrons. The van der Waals surface area contributed by atoms with E-state index in [1.54, 1.807) is 6.07 Å². The van der Waals surface area contributed by atoms with E-state index in [2.05, 4.69) is 4.74 Å². The van der Waals surface area contributed by atoms with Gasteiger partial charge in [0.05, 0.1) is 5.56 Å². The minimum absolute atomic E-state index is 0.159. The number of rotatable bonds is 4. The number of carbonyl (C=O) groups is 1. The SMILES string of the molecule is Cc1cccc(C)c1C(=O)OCC(F)(F)C(F)(F)C(F)(F)F. The molecule has 22 heavy (non-hydrogen) atoms. The number of carbonyl (C=O) groups excluding carboxylic acids is 1. The Morgan fingerprint density at radius 2 is 1.45 bits per heavy atom. The number of benzene rings is 1. The first-order valence-electron chi connectivity index (χ1n) is 5.87. The van der Waals surface area contributed by atoms with E-state index in [0.717, 1.165) is 0 Å². The third-order valence-corrected chi connectivity index (χ3v) is 2.89. The van der Waals surface area contributed by atoms with Crippen molar-refractivity contribution in [2.75, 3.05) is 6.61 Å². The van der Waals surface area contributed by atoms with E-state index in [4.69, 9.17) is 0 Å². The molecular weight excluding hydrogens is 321 g/mol. The first-order chi connectivity index (χ1) is 9.81. The molecule has 0 amide bonds. The summed E-state index contributed by atoms with van der Waals surface area (Å²) in [5, 5.41) is 0. The normalized spacial score (nSPS) is 13.1. The summed E-state index contributed by atoms with van der Waals surface area (Å²) in [5.74, 6) is -13.3. The van der Waals surface area contributed by atoms with Gasteiger partial charge in [-0.3, -0.25) is 0 Å². The summed E-state index contributed by atoms with van der Waals surface area (Å²) >= 11 is 0. The molecule has 2 nitrogen and oxygen atoms in total. The van der Waals surface area contributed by atoms with Crippen molar-refractivity contribution in [2.45, 2.75) is 31.9 Å². The van der Waals surface area contributed by atoms with E-state index in [1.165, 1.54) is 26.0 Å². The number of halogens is 7. The van der Waals surface area contributed by atoms with Gasteiger partial charge in [-0.1, -0.05) is 18.2 Å². The molecule has 9 heteroatoms. The highest BCUT2D eigenvalue weighted by Crippen LogP contribution is 2.46.